The summed E-state index contributed by atoms with van der Waals surface area (Å²) >= 11 is 0. The minimum absolute atomic E-state index is 0.0575. The number of nitrogens with one attached hydrogen (secondary N) is 3. The van der Waals surface area contributed by atoms with Gasteiger partial charge in [-0.15, -0.1) is 0 Å². The predicted molar refractivity (Wildman–Crippen MR) is 81.1 cm³/mol. The van der Waals surface area contributed by atoms with Crippen LogP contribution in [0.2, 0.25) is 0 Å². The second-order valence-corrected chi connectivity index (χ2v) is 5.88. The summed E-state index contributed by atoms with van der Waals surface area (Å²) in [6.07, 6.45) is 3.40. The summed E-state index contributed by atoms with van der Waals surface area (Å²) in [5.41, 5.74) is 1.31. The van der Waals surface area contributed by atoms with E-state index in [1.54, 1.807) is 7.05 Å². The predicted octanol–water partition coefficient (Wildman–Crippen LogP) is 1.37. The number of benzene rings is 1. The van der Waals surface area contributed by atoms with Crippen molar-refractivity contribution < 1.29 is 9.59 Å². The molecule has 0 radical (unpaired) electrons. The van der Waals surface area contributed by atoms with E-state index in [4.69, 9.17) is 0 Å². The molecule has 1 aromatic carbocycles. The van der Waals surface area contributed by atoms with Crippen molar-refractivity contribution >= 4 is 17.5 Å². The monoisotopic (exact) mass is 287 g/mol. The zero-order chi connectivity index (χ0) is 14.9. The number of carbonyl (C=O) groups excluding carboxylic acids is 2. The number of carbonyl (C=O) groups is 2. The van der Waals surface area contributed by atoms with Gasteiger partial charge in [-0.25, -0.2) is 0 Å². The number of hydrogen-bond donors (Lipinski definition) is 3. The minimum atomic E-state index is -0.719. The van der Waals surface area contributed by atoms with Crippen molar-refractivity contribution in [2.24, 2.45) is 0 Å². The molecule has 1 heterocycles. The highest BCUT2D eigenvalue weighted by Gasteiger charge is 2.43. The van der Waals surface area contributed by atoms with Gasteiger partial charge >= 0.3 is 0 Å². The average molecular weight is 287 g/mol. The number of amides is 2. The third-order valence-electron chi connectivity index (χ3n) is 4.63. The van der Waals surface area contributed by atoms with Crippen LogP contribution < -0.4 is 16.0 Å². The van der Waals surface area contributed by atoms with Gasteiger partial charge in [0, 0.05) is 19.3 Å². The fourth-order valence-electron chi connectivity index (χ4n) is 3.47. The summed E-state index contributed by atoms with van der Waals surface area (Å²) < 4.78 is 0. The molecule has 1 unspecified atom stereocenters. The Hall–Kier alpha value is -2.04. The molecule has 2 aliphatic rings. The molecule has 1 aromatic rings. The Morgan fingerprint density at radius 1 is 1.24 bits per heavy atom. The van der Waals surface area contributed by atoms with Gasteiger partial charge in [0.25, 0.3) is 0 Å². The summed E-state index contributed by atoms with van der Waals surface area (Å²) in [5.74, 6) is -0.353. The third kappa shape index (κ3) is 2.37. The molecule has 0 aromatic heterocycles. The lowest BCUT2D eigenvalue weighted by Gasteiger charge is -2.29. The molecule has 0 saturated heterocycles. The van der Waals surface area contributed by atoms with Gasteiger partial charge in [0.15, 0.2) is 0 Å². The topological polar surface area (TPSA) is 70.2 Å². The third-order valence-corrected chi connectivity index (χ3v) is 4.63. The van der Waals surface area contributed by atoms with Crippen LogP contribution in [0.4, 0.5) is 5.69 Å². The Morgan fingerprint density at radius 2 is 1.95 bits per heavy atom. The Kier molecular flexibility index (Phi) is 3.57. The van der Waals surface area contributed by atoms with E-state index >= 15 is 0 Å². The van der Waals surface area contributed by atoms with Crippen molar-refractivity contribution in [2.45, 2.75) is 37.1 Å². The lowest BCUT2D eigenvalue weighted by molar-refractivity contribution is -0.133. The van der Waals surface area contributed by atoms with Crippen molar-refractivity contribution in [1.82, 2.24) is 10.6 Å². The van der Waals surface area contributed by atoms with Gasteiger partial charge in [-0.05, 0) is 24.5 Å². The molecule has 1 aliphatic carbocycles. The largest absolute Gasteiger partial charge is 0.384 e. The number of rotatable bonds is 3. The second kappa shape index (κ2) is 5.39. The van der Waals surface area contributed by atoms with E-state index in [9.17, 15) is 9.59 Å². The fraction of sp³-hybridized carbons (Fsp3) is 0.500. The minimum Gasteiger partial charge on any atom is -0.384 e. The van der Waals surface area contributed by atoms with Gasteiger partial charge in [0.2, 0.25) is 11.8 Å². The van der Waals surface area contributed by atoms with Gasteiger partial charge in [0.05, 0.1) is 5.92 Å². The van der Waals surface area contributed by atoms with Crippen LogP contribution in [0.5, 0.6) is 0 Å². The van der Waals surface area contributed by atoms with E-state index in [0.717, 1.165) is 36.9 Å². The summed E-state index contributed by atoms with van der Waals surface area (Å²) in [7, 11) is 1.63. The number of hydrogen-bond acceptors (Lipinski definition) is 3. The van der Waals surface area contributed by atoms with Gasteiger partial charge in [0.1, 0.15) is 5.54 Å². The van der Waals surface area contributed by atoms with Gasteiger partial charge in [-0.1, -0.05) is 31.0 Å². The Balaban J connectivity index is 1.79. The van der Waals surface area contributed by atoms with Gasteiger partial charge in [-0.2, -0.15) is 0 Å². The first-order valence-electron chi connectivity index (χ1n) is 7.53. The van der Waals surface area contributed by atoms with E-state index in [0.29, 0.717) is 6.54 Å². The Morgan fingerprint density at radius 3 is 2.67 bits per heavy atom. The van der Waals surface area contributed by atoms with Crippen LogP contribution in [0.25, 0.3) is 0 Å². The molecule has 2 amide bonds. The second-order valence-electron chi connectivity index (χ2n) is 5.88. The average Bonchev–Trinajstić information content (AvgIpc) is 3.13. The smallest absolute Gasteiger partial charge is 0.245 e. The molecule has 1 atom stereocenters. The molecule has 0 bridgehead atoms. The number of likely N-dealkylation sites (N-methyl/N-ethyl adjacent to an activating group) is 1. The van der Waals surface area contributed by atoms with Gasteiger partial charge in [-0.3, -0.25) is 9.59 Å². The lowest BCUT2D eigenvalue weighted by atomic mass is 9.93. The highest BCUT2D eigenvalue weighted by Crippen LogP contribution is 2.34. The van der Waals surface area contributed by atoms with Crippen LogP contribution >= 0.6 is 0 Å². The molecule has 3 rings (SSSR count). The van der Waals surface area contributed by atoms with Crippen LogP contribution in [0.15, 0.2) is 24.3 Å². The first-order valence-corrected chi connectivity index (χ1v) is 7.53. The number of fused-ring (bicyclic) bond motifs is 1. The van der Waals surface area contributed by atoms with Crippen molar-refractivity contribution in [3.8, 4) is 0 Å². The maximum atomic E-state index is 12.7. The first kappa shape index (κ1) is 13.9. The summed E-state index contributed by atoms with van der Waals surface area (Å²) in [4.78, 5) is 24.8. The zero-order valence-electron chi connectivity index (χ0n) is 12.2. The van der Waals surface area contributed by atoms with E-state index in [-0.39, 0.29) is 17.7 Å². The normalized spacial score (nSPS) is 22.2. The van der Waals surface area contributed by atoms with Crippen molar-refractivity contribution in [3.63, 3.8) is 0 Å². The van der Waals surface area contributed by atoms with Gasteiger partial charge < -0.3 is 16.0 Å². The summed E-state index contributed by atoms with van der Waals surface area (Å²) in [6.45, 7) is 0.592. The van der Waals surface area contributed by atoms with Crippen molar-refractivity contribution in [2.75, 3.05) is 18.9 Å². The quantitative estimate of drug-likeness (QED) is 0.786. The van der Waals surface area contributed by atoms with E-state index < -0.39 is 5.54 Å². The number of anilines is 1. The lowest BCUT2D eigenvalue weighted by Crippen LogP contribution is -2.57. The van der Waals surface area contributed by atoms with Crippen molar-refractivity contribution in [1.29, 1.82) is 0 Å². The molecule has 1 fully saturated rings. The van der Waals surface area contributed by atoms with Crippen molar-refractivity contribution in [3.05, 3.63) is 29.8 Å². The molecule has 21 heavy (non-hydrogen) atoms. The maximum absolute atomic E-state index is 12.7. The summed E-state index contributed by atoms with van der Waals surface area (Å²) in [6, 6.07) is 7.85. The summed E-state index contributed by atoms with van der Waals surface area (Å²) in [5, 5.41) is 8.98. The highest BCUT2D eigenvalue weighted by molar-refractivity contribution is 5.95. The van der Waals surface area contributed by atoms with Crippen LogP contribution in [-0.2, 0) is 9.59 Å². The maximum Gasteiger partial charge on any atom is 0.245 e. The van der Waals surface area contributed by atoms with E-state index in [1.807, 2.05) is 24.3 Å². The SMILES string of the molecule is CNC(=O)C1(NC(=O)C2CNc3ccccc32)CCCC1. The molecule has 0 spiro atoms. The molecule has 5 heteroatoms. The highest BCUT2D eigenvalue weighted by atomic mass is 16.2. The Labute approximate surface area is 124 Å². The molecule has 112 valence electrons. The van der Waals surface area contributed by atoms with E-state index in [1.165, 1.54) is 0 Å². The molecule has 1 saturated carbocycles. The Bertz CT molecular complexity index is 564. The molecular formula is C16H21N3O2. The zero-order valence-corrected chi connectivity index (χ0v) is 12.2. The van der Waals surface area contributed by atoms with Crippen LogP contribution in [0.3, 0.4) is 0 Å². The molecule has 3 N–H and O–H groups in total. The van der Waals surface area contributed by atoms with E-state index in [2.05, 4.69) is 16.0 Å². The fourth-order valence-corrected chi connectivity index (χ4v) is 3.47. The number of para-hydroxylation sites is 1. The molecule has 5 nitrogen and oxygen atoms in total. The molecule has 1 aliphatic heterocycles. The van der Waals surface area contributed by atoms with Crippen LogP contribution in [0, 0.1) is 0 Å². The standard InChI is InChI=1S/C16H21N3O2/c1-17-15(21)16(8-4-5-9-16)19-14(20)12-10-18-13-7-3-2-6-11(12)13/h2-3,6-7,12,18H,4-5,8-10H2,1H3,(H,17,21)(H,19,20). The van der Waals surface area contributed by atoms with Crippen LogP contribution in [0.1, 0.15) is 37.2 Å². The molecular weight excluding hydrogens is 266 g/mol. The first-order chi connectivity index (χ1) is 10.2. The van der Waals surface area contributed by atoms with Crippen LogP contribution in [-0.4, -0.2) is 30.9 Å².